The molecule has 2 aliphatic rings. The summed E-state index contributed by atoms with van der Waals surface area (Å²) in [6.45, 7) is 6.83. The third-order valence-corrected chi connectivity index (χ3v) is 4.60. The topological polar surface area (TPSA) is 53.6 Å². The first-order valence-corrected chi connectivity index (χ1v) is 7.02. The van der Waals surface area contributed by atoms with E-state index in [9.17, 15) is 0 Å². The van der Waals surface area contributed by atoms with Crippen LogP contribution in [0.2, 0.25) is 0 Å². The maximum atomic E-state index is 5.59. The lowest BCUT2D eigenvalue weighted by molar-refractivity contribution is 0.133. The Kier molecular flexibility index (Phi) is 3.92. The predicted octanol–water partition coefficient (Wildman–Crippen LogP) is 1.87. The van der Waals surface area contributed by atoms with E-state index in [2.05, 4.69) is 29.2 Å². The van der Waals surface area contributed by atoms with E-state index in [1.165, 1.54) is 38.5 Å². The van der Waals surface area contributed by atoms with Gasteiger partial charge in [-0.25, -0.2) is 10.8 Å². The molecule has 4 heteroatoms. The van der Waals surface area contributed by atoms with E-state index < -0.39 is 0 Å². The van der Waals surface area contributed by atoms with Crippen LogP contribution in [0.4, 0.5) is 0 Å². The van der Waals surface area contributed by atoms with Gasteiger partial charge in [0.15, 0.2) is 0 Å². The van der Waals surface area contributed by atoms with Crippen molar-refractivity contribution in [3.8, 4) is 0 Å². The van der Waals surface area contributed by atoms with Gasteiger partial charge in [-0.05, 0) is 31.1 Å². The average molecular weight is 238 g/mol. The molecule has 0 atom stereocenters. The van der Waals surface area contributed by atoms with Crippen molar-refractivity contribution in [2.24, 2.45) is 16.3 Å². The van der Waals surface area contributed by atoms with Crippen molar-refractivity contribution in [2.45, 2.75) is 58.4 Å². The van der Waals surface area contributed by atoms with E-state index in [-0.39, 0.29) is 0 Å². The number of nitrogens with two attached hydrogens (primary N) is 1. The van der Waals surface area contributed by atoms with Crippen LogP contribution in [0.25, 0.3) is 0 Å². The summed E-state index contributed by atoms with van der Waals surface area (Å²) in [5.74, 6) is 6.50. The lowest BCUT2D eigenvalue weighted by Gasteiger charge is -2.41. The van der Waals surface area contributed by atoms with Crippen LogP contribution in [0.1, 0.15) is 52.4 Å². The van der Waals surface area contributed by atoms with E-state index >= 15 is 0 Å². The molecular weight excluding hydrogens is 212 g/mol. The van der Waals surface area contributed by atoms with Gasteiger partial charge in [0.1, 0.15) is 0 Å². The maximum Gasteiger partial charge on any atom is 0.208 e. The first-order valence-electron chi connectivity index (χ1n) is 7.02. The predicted molar refractivity (Wildman–Crippen MR) is 71.6 cm³/mol. The molecular formula is C13H26N4. The van der Waals surface area contributed by atoms with Gasteiger partial charge in [-0.15, -0.1) is 0 Å². The van der Waals surface area contributed by atoms with E-state index in [4.69, 9.17) is 5.84 Å². The molecule has 0 unspecified atom stereocenters. The van der Waals surface area contributed by atoms with Crippen molar-refractivity contribution in [3.63, 3.8) is 0 Å². The van der Waals surface area contributed by atoms with Gasteiger partial charge in [-0.2, -0.15) is 0 Å². The van der Waals surface area contributed by atoms with Crippen molar-refractivity contribution in [1.82, 2.24) is 10.3 Å². The molecule has 2 fully saturated rings. The minimum absolute atomic E-state index is 0.532. The summed E-state index contributed by atoms with van der Waals surface area (Å²) in [5, 5.41) is 0. The van der Waals surface area contributed by atoms with Crippen LogP contribution in [0.5, 0.6) is 0 Å². The highest BCUT2D eigenvalue weighted by Crippen LogP contribution is 2.38. The van der Waals surface area contributed by atoms with Gasteiger partial charge < -0.3 is 4.90 Å². The van der Waals surface area contributed by atoms with Crippen molar-refractivity contribution in [3.05, 3.63) is 0 Å². The van der Waals surface area contributed by atoms with Crippen molar-refractivity contribution >= 4 is 5.96 Å². The third kappa shape index (κ3) is 2.92. The number of aliphatic imine (C=N–C) groups is 1. The van der Waals surface area contributed by atoms with Gasteiger partial charge in [0, 0.05) is 13.1 Å². The SMILES string of the molecule is CCC1(CC)CCN(C(=NC2CC2)NN)CC1. The molecule has 1 aliphatic heterocycles. The lowest BCUT2D eigenvalue weighted by atomic mass is 9.74. The summed E-state index contributed by atoms with van der Waals surface area (Å²) in [4.78, 5) is 6.96. The van der Waals surface area contributed by atoms with Crippen LogP contribution >= 0.6 is 0 Å². The fraction of sp³-hybridized carbons (Fsp3) is 0.923. The molecule has 4 nitrogen and oxygen atoms in total. The number of likely N-dealkylation sites (tertiary alicyclic amines) is 1. The number of hydrazine groups is 1. The van der Waals surface area contributed by atoms with Crippen LogP contribution in [-0.4, -0.2) is 30.0 Å². The van der Waals surface area contributed by atoms with E-state index in [1.54, 1.807) is 0 Å². The van der Waals surface area contributed by atoms with Gasteiger partial charge >= 0.3 is 0 Å². The first kappa shape index (κ1) is 12.7. The normalized spacial score (nSPS) is 24.9. The molecule has 2 rings (SSSR count). The molecule has 0 aromatic rings. The van der Waals surface area contributed by atoms with Crippen LogP contribution in [0, 0.1) is 5.41 Å². The van der Waals surface area contributed by atoms with Gasteiger partial charge in [0.2, 0.25) is 5.96 Å². The number of nitrogens with one attached hydrogen (secondary N) is 1. The summed E-state index contributed by atoms with van der Waals surface area (Å²) in [6.07, 6.45) is 7.58. The highest BCUT2D eigenvalue weighted by Gasteiger charge is 2.32. The largest absolute Gasteiger partial charge is 0.342 e. The fourth-order valence-corrected chi connectivity index (χ4v) is 2.74. The van der Waals surface area contributed by atoms with Gasteiger partial charge in [0.25, 0.3) is 0 Å². The Bertz CT molecular complexity index is 269. The van der Waals surface area contributed by atoms with Crippen molar-refractivity contribution in [2.75, 3.05) is 13.1 Å². The number of piperidine rings is 1. The molecule has 0 bridgehead atoms. The molecule has 0 spiro atoms. The highest BCUT2D eigenvalue weighted by molar-refractivity contribution is 5.79. The summed E-state index contributed by atoms with van der Waals surface area (Å²) in [6, 6.07) is 0.532. The number of guanidine groups is 1. The molecule has 1 heterocycles. The van der Waals surface area contributed by atoms with Crippen LogP contribution in [0.3, 0.4) is 0 Å². The van der Waals surface area contributed by atoms with Gasteiger partial charge in [-0.1, -0.05) is 26.7 Å². The van der Waals surface area contributed by atoms with Crippen molar-refractivity contribution < 1.29 is 0 Å². The monoisotopic (exact) mass is 238 g/mol. The quantitative estimate of drug-likeness (QED) is 0.341. The molecule has 17 heavy (non-hydrogen) atoms. The molecule has 1 saturated carbocycles. The molecule has 0 radical (unpaired) electrons. The highest BCUT2D eigenvalue weighted by atomic mass is 15.4. The Morgan fingerprint density at radius 3 is 2.29 bits per heavy atom. The first-order chi connectivity index (χ1) is 8.23. The number of hydrogen-bond donors (Lipinski definition) is 2. The van der Waals surface area contributed by atoms with E-state index in [0.717, 1.165) is 19.0 Å². The molecule has 98 valence electrons. The molecule has 3 N–H and O–H groups in total. The molecule has 0 aromatic heterocycles. The van der Waals surface area contributed by atoms with E-state index in [0.29, 0.717) is 11.5 Å². The summed E-state index contributed by atoms with van der Waals surface area (Å²) < 4.78 is 0. The van der Waals surface area contributed by atoms with Crippen LogP contribution in [-0.2, 0) is 0 Å². The van der Waals surface area contributed by atoms with Crippen LogP contribution in [0.15, 0.2) is 4.99 Å². The molecule has 0 amide bonds. The second-order valence-electron chi connectivity index (χ2n) is 5.52. The maximum absolute atomic E-state index is 5.59. The second kappa shape index (κ2) is 5.25. The molecule has 1 aliphatic carbocycles. The Hall–Kier alpha value is -0.770. The zero-order chi connectivity index (χ0) is 12.3. The Morgan fingerprint density at radius 1 is 1.29 bits per heavy atom. The van der Waals surface area contributed by atoms with Crippen molar-refractivity contribution in [1.29, 1.82) is 0 Å². The minimum Gasteiger partial charge on any atom is -0.342 e. The second-order valence-corrected chi connectivity index (χ2v) is 5.52. The minimum atomic E-state index is 0.532. The Labute approximate surface area is 105 Å². The van der Waals surface area contributed by atoms with E-state index in [1.807, 2.05) is 0 Å². The third-order valence-electron chi connectivity index (χ3n) is 4.60. The Morgan fingerprint density at radius 2 is 1.88 bits per heavy atom. The van der Waals surface area contributed by atoms with Gasteiger partial charge in [-0.3, -0.25) is 5.43 Å². The number of nitrogens with zero attached hydrogens (tertiary/aromatic N) is 2. The number of hydrogen-bond acceptors (Lipinski definition) is 2. The Balaban J connectivity index is 1.93. The standard InChI is InChI=1S/C13H26N4/c1-3-13(4-2)7-9-17(10-8-13)12(16-14)15-11-5-6-11/h11H,3-10,14H2,1-2H3,(H,15,16). The summed E-state index contributed by atoms with van der Waals surface area (Å²) in [5.41, 5.74) is 3.35. The summed E-state index contributed by atoms with van der Waals surface area (Å²) >= 11 is 0. The van der Waals surface area contributed by atoms with Crippen LogP contribution < -0.4 is 11.3 Å². The smallest absolute Gasteiger partial charge is 0.208 e. The van der Waals surface area contributed by atoms with Gasteiger partial charge in [0.05, 0.1) is 6.04 Å². The average Bonchev–Trinajstić information content (AvgIpc) is 3.20. The number of rotatable bonds is 3. The fourth-order valence-electron chi connectivity index (χ4n) is 2.74. The summed E-state index contributed by atoms with van der Waals surface area (Å²) in [7, 11) is 0. The lowest BCUT2D eigenvalue weighted by Crippen LogP contribution is -2.50. The molecule has 0 aromatic carbocycles. The zero-order valence-corrected chi connectivity index (χ0v) is 11.2. The molecule has 1 saturated heterocycles. The zero-order valence-electron chi connectivity index (χ0n) is 11.2.